The van der Waals surface area contributed by atoms with E-state index in [-0.39, 0.29) is 11.8 Å². The average molecular weight is 283 g/mol. The fourth-order valence-electron chi connectivity index (χ4n) is 2.53. The number of rotatable bonds is 4. The zero-order valence-corrected chi connectivity index (χ0v) is 12.2. The van der Waals surface area contributed by atoms with Gasteiger partial charge in [0, 0.05) is 10.8 Å². The fraction of sp³-hybridized carbons (Fsp3) is 0.235. The molecule has 0 heterocycles. The lowest BCUT2D eigenvalue weighted by molar-refractivity contribution is -0.117. The van der Waals surface area contributed by atoms with E-state index < -0.39 is 0 Å². The van der Waals surface area contributed by atoms with Gasteiger partial charge in [0.2, 0.25) is 5.91 Å². The van der Waals surface area contributed by atoms with Crippen LogP contribution >= 0.6 is 11.8 Å². The van der Waals surface area contributed by atoms with Gasteiger partial charge in [-0.25, -0.2) is 0 Å². The van der Waals surface area contributed by atoms with E-state index in [1.54, 1.807) is 11.8 Å². The average Bonchev–Trinajstić information content (AvgIpc) is 3.29. The Bertz CT molecular complexity index is 611. The van der Waals surface area contributed by atoms with E-state index in [0.29, 0.717) is 5.92 Å². The highest BCUT2D eigenvalue weighted by Gasteiger charge is 2.43. The van der Waals surface area contributed by atoms with Crippen LogP contribution in [0.5, 0.6) is 0 Å². The number of benzene rings is 2. The summed E-state index contributed by atoms with van der Waals surface area (Å²) in [5.74, 6) is 0.644. The van der Waals surface area contributed by atoms with E-state index in [9.17, 15) is 4.79 Å². The van der Waals surface area contributed by atoms with Crippen LogP contribution in [0.4, 0.5) is 5.69 Å². The van der Waals surface area contributed by atoms with Crippen LogP contribution in [-0.2, 0) is 4.79 Å². The Morgan fingerprint density at radius 3 is 2.55 bits per heavy atom. The third-order valence-corrected chi connectivity index (χ3v) is 4.52. The van der Waals surface area contributed by atoms with Crippen molar-refractivity contribution in [1.29, 1.82) is 0 Å². The minimum absolute atomic E-state index is 0.118. The zero-order valence-electron chi connectivity index (χ0n) is 11.4. The molecule has 0 aliphatic heterocycles. The van der Waals surface area contributed by atoms with E-state index in [1.165, 1.54) is 5.56 Å². The molecule has 1 amide bonds. The lowest BCUT2D eigenvalue weighted by atomic mass is 10.1. The summed E-state index contributed by atoms with van der Waals surface area (Å²) in [4.78, 5) is 13.4. The third-order valence-electron chi connectivity index (χ3n) is 3.72. The van der Waals surface area contributed by atoms with E-state index in [0.717, 1.165) is 17.0 Å². The zero-order chi connectivity index (χ0) is 13.9. The van der Waals surface area contributed by atoms with Crippen molar-refractivity contribution in [3.8, 4) is 0 Å². The lowest BCUT2D eigenvalue weighted by Gasteiger charge is -2.09. The molecule has 3 heteroatoms. The maximum Gasteiger partial charge on any atom is 0.228 e. The van der Waals surface area contributed by atoms with Crippen LogP contribution in [0.15, 0.2) is 59.5 Å². The Labute approximate surface area is 123 Å². The molecule has 1 N–H and O–H groups in total. The topological polar surface area (TPSA) is 29.1 Å². The third kappa shape index (κ3) is 2.73. The van der Waals surface area contributed by atoms with Gasteiger partial charge >= 0.3 is 0 Å². The summed E-state index contributed by atoms with van der Waals surface area (Å²) in [6.07, 6.45) is 2.98. The number of hydrogen-bond acceptors (Lipinski definition) is 2. The van der Waals surface area contributed by atoms with Gasteiger partial charge in [-0.15, -0.1) is 11.8 Å². The molecule has 20 heavy (non-hydrogen) atoms. The standard InChI is InChI=1S/C17H17NOS/c1-20-16-10-6-5-9-15(16)18-17(19)14-11-13(14)12-7-3-2-4-8-12/h2-10,13-14H,11H2,1H3,(H,18,19)/t13-,14+/m1/s1. The van der Waals surface area contributed by atoms with Crippen molar-refractivity contribution in [3.63, 3.8) is 0 Å². The molecule has 0 spiro atoms. The van der Waals surface area contributed by atoms with Crippen LogP contribution in [0, 0.1) is 5.92 Å². The summed E-state index contributed by atoms with van der Waals surface area (Å²) >= 11 is 1.65. The Balaban J connectivity index is 1.67. The van der Waals surface area contributed by atoms with Gasteiger partial charge in [0.25, 0.3) is 0 Å². The van der Waals surface area contributed by atoms with Gasteiger partial charge in [-0.05, 0) is 36.3 Å². The molecule has 1 aliphatic rings. The van der Waals surface area contributed by atoms with Crippen molar-refractivity contribution < 1.29 is 4.79 Å². The number of amides is 1. The smallest absolute Gasteiger partial charge is 0.228 e. The maximum absolute atomic E-state index is 12.3. The van der Waals surface area contributed by atoms with Crippen molar-refractivity contribution in [3.05, 3.63) is 60.2 Å². The van der Waals surface area contributed by atoms with Crippen molar-refractivity contribution in [1.82, 2.24) is 0 Å². The van der Waals surface area contributed by atoms with Gasteiger partial charge in [-0.3, -0.25) is 4.79 Å². The molecule has 0 unspecified atom stereocenters. The highest BCUT2D eigenvalue weighted by Crippen LogP contribution is 2.48. The second-order valence-electron chi connectivity index (χ2n) is 5.05. The molecule has 2 aromatic carbocycles. The van der Waals surface area contributed by atoms with Crippen LogP contribution in [-0.4, -0.2) is 12.2 Å². The predicted octanol–water partition coefficient (Wildman–Crippen LogP) is 4.15. The Morgan fingerprint density at radius 1 is 1.10 bits per heavy atom. The van der Waals surface area contributed by atoms with Crippen LogP contribution in [0.25, 0.3) is 0 Å². The lowest BCUT2D eigenvalue weighted by Crippen LogP contribution is -2.15. The fourth-order valence-corrected chi connectivity index (χ4v) is 3.08. The molecule has 3 rings (SSSR count). The number of hydrogen-bond donors (Lipinski definition) is 1. The minimum Gasteiger partial charge on any atom is -0.325 e. The number of carbonyl (C=O) groups is 1. The van der Waals surface area contributed by atoms with Gasteiger partial charge in [0.15, 0.2) is 0 Å². The molecular weight excluding hydrogens is 266 g/mol. The van der Waals surface area contributed by atoms with E-state index in [1.807, 2.05) is 48.7 Å². The van der Waals surface area contributed by atoms with E-state index in [4.69, 9.17) is 0 Å². The quantitative estimate of drug-likeness (QED) is 0.854. The summed E-state index contributed by atoms with van der Waals surface area (Å²) in [6.45, 7) is 0. The SMILES string of the molecule is CSc1ccccc1NC(=O)[C@H]1C[C@@H]1c1ccccc1. The second-order valence-corrected chi connectivity index (χ2v) is 5.90. The number of carbonyl (C=O) groups excluding carboxylic acids is 1. The normalized spacial score (nSPS) is 20.4. The van der Waals surface area contributed by atoms with Gasteiger partial charge < -0.3 is 5.32 Å². The maximum atomic E-state index is 12.3. The molecule has 2 atom stereocenters. The van der Waals surface area contributed by atoms with Crippen molar-refractivity contribution in [2.45, 2.75) is 17.2 Å². The van der Waals surface area contributed by atoms with Crippen LogP contribution in [0.2, 0.25) is 0 Å². The summed E-state index contributed by atoms with van der Waals surface area (Å²) < 4.78 is 0. The van der Waals surface area contributed by atoms with E-state index in [2.05, 4.69) is 17.4 Å². The van der Waals surface area contributed by atoms with Crippen LogP contribution < -0.4 is 5.32 Å². The van der Waals surface area contributed by atoms with Crippen molar-refractivity contribution in [2.24, 2.45) is 5.92 Å². The summed E-state index contributed by atoms with van der Waals surface area (Å²) in [7, 11) is 0. The largest absolute Gasteiger partial charge is 0.325 e. The van der Waals surface area contributed by atoms with Gasteiger partial charge in [0.1, 0.15) is 0 Å². The second kappa shape index (κ2) is 5.71. The molecule has 0 saturated heterocycles. The van der Waals surface area contributed by atoms with Crippen LogP contribution in [0.3, 0.4) is 0 Å². The number of para-hydroxylation sites is 1. The van der Waals surface area contributed by atoms with Gasteiger partial charge in [0.05, 0.1) is 5.69 Å². The van der Waals surface area contributed by atoms with Crippen molar-refractivity contribution >= 4 is 23.4 Å². The number of thioether (sulfide) groups is 1. The van der Waals surface area contributed by atoms with Crippen molar-refractivity contribution in [2.75, 3.05) is 11.6 Å². The highest BCUT2D eigenvalue weighted by atomic mass is 32.2. The molecule has 0 aromatic heterocycles. The molecule has 2 aromatic rings. The highest BCUT2D eigenvalue weighted by molar-refractivity contribution is 7.98. The first-order valence-electron chi connectivity index (χ1n) is 6.78. The molecule has 0 radical (unpaired) electrons. The first kappa shape index (κ1) is 13.3. The molecule has 2 nitrogen and oxygen atoms in total. The first-order chi connectivity index (χ1) is 9.79. The Hall–Kier alpha value is -1.74. The predicted molar refractivity (Wildman–Crippen MR) is 84.1 cm³/mol. The molecule has 0 bridgehead atoms. The monoisotopic (exact) mass is 283 g/mol. The summed E-state index contributed by atoms with van der Waals surface area (Å²) in [6, 6.07) is 18.2. The first-order valence-corrected chi connectivity index (χ1v) is 8.01. The molecule has 1 fully saturated rings. The molecular formula is C17H17NOS. The van der Waals surface area contributed by atoms with Crippen LogP contribution in [0.1, 0.15) is 17.9 Å². The molecule has 1 aliphatic carbocycles. The number of anilines is 1. The Kier molecular flexibility index (Phi) is 3.79. The minimum atomic E-state index is 0.118. The molecule has 1 saturated carbocycles. The van der Waals surface area contributed by atoms with Gasteiger partial charge in [-0.1, -0.05) is 42.5 Å². The van der Waals surface area contributed by atoms with Gasteiger partial charge in [-0.2, -0.15) is 0 Å². The molecule has 102 valence electrons. The van der Waals surface area contributed by atoms with E-state index >= 15 is 0 Å². The number of nitrogens with one attached hydrogen (secondary N) is 1. The summed E-state index contributed by atoms with van der Waals surface area (Å²) in [5, 5.41) is 3.06. The Morgan fingerprint density at radius 2 is 1.80 bits per heavy atom. The summed E-state index contributed by atoms with van der Waals surface area (Å²) in [5.41, 5.74) is 2.19.